The monoisotopic (exact) mass is 192 g/mol. The largest absolute Gasteiger partial charge is 0.397 e. The number of hydrogen-bond acceptors (Lipinski definition) is 2. The molecule has 0 aliphatic rings. The van der Waals surface area contributed by atoms with Crippen LogP contribution >= 0.6 is 0 Å². The molecule has 0 heterocycles. The molecule has 78 valence electrons. The van der Waals surface area contributed by atoms with Crippen LogP contribution in [0.1, 0.15) is 31.9 Å². The number of benzene rings is 1. The summed E-state index contributed by atoms with van der Waals surface area (Å²) in [5, 5.41) is 3.12. The summed E-state index contributed by atoms with van der Waals surface area (Å²) in [5.74, 6) is 0. The Bertz CT molecular complexity index is 335. The Kier molecular flexibility index (Phi) is 2.74. The highest BCUT2D eigenvalue weighted by Gasteiger charge is 2.18. The Morgan fingerprint density at radius 1 is 1.21 bits per heavy atom. The number of hydrogen-bond donors (Lipinski definition) is 2. The number of rotatable bonds is 1. The average molecular weight is 192 g/mol. The Morgan fingerprint density at radius 2 is 1.79 bits per heavy atom. The molecule has 0 unspecified atom stereocenters. The first-order valence-corrected chi connectivity index (χ1v) is 4.94. The number of nitrogen functional groups attached to an aromatic ring is 1. The van der Waals surface area contributed by atoms with Gasteiger partial charge in [-0.3, -0.25) is 0 Å². The number of nitrogens with one attached hydrogen (secondary N) is 1. The van der Waals surface area contributed by atoms with Crippen molar-refractivity contribution in [2.45, 2.75) is 33.1 Å². The third-order valence-electron chi connectivity index (χ3n) is 2.40. The van der Waals surface area contributed by atoms with Crippen LogP contribution in [0, 0.1) is 6.92 Å². The maximum atomic E-state index is 6.09. The Balaban J connectivity index is 3.37. The third-order valence-corrected chi connectivity index (χ3v) is 2.40. The number of nitrogens with two attached hydrogens (primary N) is 1. The molecular formula is C12H20N2. The van der Waals surface area contributed by atoms with Gasteiger partial charge in [0.05, 0.1) is 11.4 Å². The molecule has 0 aliphatic heterocycles. The van der Waals surface area contributed by atoms with E-state index in [1.807, 2.05) is 7.05 Å². The molecule has 0 radical (unpaired) electrons. The van der Waals surface area contributed by atoms with Crippen molar-refractivity contribution in [3.63, 3.8) is 0 Å². The van der Waals surface area contributed by atoms with Crippen molar-refractivity contribution in [3.05, 3.63) is 23.3 Å². The molecule has 2 heteroatoms. The highest BCUT2D eigenvalue weighted by atomic mass is 14.9. The molecule has 2 nitrogen and oxygen atoms in total. The van der Waals surface area contributed by atoms with E-state index in [0.29, 0.717) is 0 Å². The number of anilines is 2. The normalized spacial score (nSPS) is 11.5. The summed E-state index contributed by atoms with van der Waals surface area (Å²) < 4.78 is 0. The van der Waals surface area contributed by atoms with Gasteiger partial charge in [-0.25, -0.2) is 0 Å². The lowest BCUT2D eigenvalue weighted by atomic mass is 9.84. The summed E-state index contributed by atoms with van der Waals surface area (Å²) in [6, 6.07) is 4.24. The van der Waals surface area contributed by atoms with Gasteiger partial charge in [0, 0.05) is 7.05 Å². The van der Waals surface area contributed by atoms with Crippen LogP contribution in [-0.4, -0.2) is 7.05 Å². The van der Waals surface area contributed by atoms with E-state index >= 15 is 0 Å². The molecule has 0 aliphatic carbocycles. The summed E-state index contributed by atoms with van der Waals surface area (Å²) in [7, 11) is 1.90. The molecule has 0 atom stereocenters. The van der Waals surface area contributed by atoms with E-state index < -0.39 is 0 Å². The second-order valence-electron chi connectivity index (χ2n) is 4.77. The molecule has 0 spiro atoms. The van der Waals surface area contributed by atoms with E-state index in [1.54, 1.807) is 0 Å². The van der Waals surface area contributed by atoms with Crippen LogP contribution < -0.4 is 11.1 Å². The molecule has 1 rings (SSSR count). The lowest BCUT2D eigenvalue weighted by molar-refractivity contribution is 0.592. The second-order valence-corrected chi connectivity index (χ2v) is 4.77. The Labute approximate surface area is 86.5 Å². The van der Waals surface area contributed by atoms with E-state index in [-0.39, 0.29) is 5.41 Å². The predicted octanol–water partition coefficient (Wildman–Crippen LogP) is 2.92. The molecule has 1 aromatic carbocycles. The Hall–Kier alpha value is -1.18. The first kappa shape index (κ1) is 10.9. The minimum absolute atomic E-state index is 0.0989. The highest BCUT2D eigenvalue weighted by molar-refractivity contribution is 5.72. The Morgan fingerprint density at radius 3 is 2.21 bits per heavy atom. The van der Waals surface area contributed by atoms with Crippen LogP contribution in [0.5, 0.6) is 0 Å². The van der Waals surface area contributed by atoms with E-state index in [2.05, 4.69) is 45.1 Å². The highest BCUT2D eigenvalue weighted by Crippen LogP contribution is 2.33. The second kappa shape index (κ2) is 3.52. The van der Waals surface area contributed by atoms with Crippen LogP contribution in [0.2, 0.25) is 0 Å². The summed E-state index contributed by atoms with van der Waals surface area (Å²) in [6.07, 6.45) is 0. The number of aryl methyl sites for hydroxylation is 1. The molecule has 0 saturated carbocycles. The summed E-state index contributed by atoms with van der Waals surface area (Å²) >= 11 is 0. The van der Waals surface area contributed by atoms with Gasteiger partial charge in [-0.1, -0.05) is 26.8 Å². The standard InChI is InChI=1S/C12H20N2/c1-8-6-9(12(2,3)4)11(13)10(7-8)14-5/h6-7,14H,13H2,1-5H3. The summed E-state index contributed by atoms with van der Waals surface area (Å²) in [5.41, 5.74) is 10.5. The molecular weight excluding hydrogens is 172 g/mol. The van der Waals surface area contributed by atoms with Crippen LogP contribution in [0.4, 0.5) is 11.4 Å². The van der Waals surface area contributed by atoms with Crippen molar-refractivity contribution in [1.29, 1.82) is 0 Å². The maximum Gasteiger partial charge on any atom is 0.0587 e. The van der Waals surface area contributed by atoms with Crippen molar-refractivity contribution in [1.82, 2.24) is 0 Å². The van der Waals surface area contributed by atoms with Gasteiger partial charge in [-0.15, -0.1) is 0 Å². The van der Waals surface area contributed by atoms with Crippen molar-refractivity contribution in [2.75, 3.05) is 18.1 Å². The third kappa shape index (κ3) is 2.00. The molecule has 14 heavy (non-hydrogen) atoms. The van der Waals surface area contributed by atoms with Gasteiger partial charge in [0.2, 0.25) is 0 Å². The van der Waals surface area contributed by atoms with Gasteiger partial charge in [-0.2, -0.15) is 0 Å². The van der Waals surface area contributed by atoms with Crippen LogP contribution in [0.3, 0.4) is 0 Å². The molecule has 1 aromatic rings. The van der Waals surface area contributed by atoms with Crippen molar-refractivity contribution in [3.8, 4) is 0 Å². The average Bonchev–Trinajstić information content (AvgIpc) is 2.06. The first-order valence-electron chi connectivity index (χ1n) is 4.94. The zero-order chi connectivity index (χ0) is 10.9. The molecule has 0 amide bonds. The fourth-order valence-corrected chi connectivity index (χ4v) is 1.62. The topological polar surface area (TPSA) is 38.0 Å². The fourth-order valence-electron chi connectivity index (χ4n) is 1.62. The van der Waals surface area contributed by atoms with Crippen LogP contribution in [0.25, 0.3) is 0 Å². The predicted molar refractivity (Wildman–Crippen MR) is 63.8 cm³/mol. The van der Waals surface area contributed by atoms with E-state index in [0.717, 1.165) is 11.4 Å². The molecule has 0 fully saturated rings. The van der Waals surface area contributed by atoms with Crippen molar-refractivity contribution in [2.24, 2.45) is 0 Å². The van der Waals surface area contributed by atoms with Crippen LogP contribution in [0.15, 0.2) is 12.1 Å². The lowest BCUT2D eigenvalue weighted by Crippen LogP contribution is -2.15. The quantitative estimate of drug-likeness (QED) is 0.671. The SMILES string of the molecule is CNc1cc(C)cc(C(C)(C)C)c1N. The van der Waals surface area contributed by atoms with Gasteiger partial charge in [0.15, 0.2) is 0 Å². The van der Waals surface area contributed by atoms with Gasteiger partial charge < -0.3 is 11.1 Å². The van der Waals surface area contributed by atoms with Gasteiger partial charge in [-0.05, 0) is 29.5 Å². The lowest BCUT2D eigenvalue weighted by Gasteiger charge is -2.23. The molecule has 0 aromatic heterocycles. The summed E-state index contributed by atoms with van der Waals surface area (Å²) in [6.45, 7) is 8.63. The maximum absolute atomic E-state index is 6.09. The van der Waals surface area contributed by atoms with Gasteiger partial charge in [0.1, 0.15) is 0 Å². The zero-order valence-electron chi connectivity index (χ0n) is 9.73. The molecule has 0 bridgehead atoms. The minimum Gasteiger partial charge on any atom is -0.397 e. The molecule has 3 N–H and O–H groups in total. The zero-order valence-corrected chi connectivity index (χ0v) is 9.73. The smallest absolute Gasteiger partial charge is 0.0587 e. The van der Waals surface area contributed by atoms with Gasteiger partial charge in [0.25, 0.3) is 0 Å². The first-order chi connectivity index (χ1) is 6.36. The summed E-state index contributed by atoms with van der Waals surface area (Å²) in [4.78, 5) is 0. The fraction of sp³-hybridized carbons (Fsp3) is 0.500. The van der Waals surface area contributed by atoms with Gasteiger partial charge >= 0.3 is 0 Å². The molecule has 0 saturated heterocycles. The van der Waals surface area contributed by atoms with Crippen LogP contribution in [-0.2, 0) is 5.41 Å². The van der Waals surface area contributed by atoms with Crippen molar-refractivity contribution >= 4 is 11.4 Å². The van der Waals surface area contributed by atoms with E-state index in [9.17, 15) is 0 Å². The van der Waals surface area contributed by atoms with E-state index in [4.69, 9.17) is 5.73 Å². The van der Waals surface area contributed by atoms with E-state index in [1.165, 1.54) is 11.1 Å². The minimum atomic E-state index is 0.0989. The van der Waals surface area contributed by atoms with Crippen molar-refractivity contribution < 1.29 is 0 Å².